The molecule has 1 amide bonds. The van der Waals surface area contributed by atoms with Gasteiger partial charge < -0.3 is 5.32 Å². The lowest BCUT2D eigenvalue weighted by Crippen LogP contribution is -2.39. The fourth-order valence-corrected chi connectivity index (χ4v) is 5.70. The summed E-state index contributed by atoms with van der Waals surface area (Å²) >= 11 is 1.39. The van der Waals surface area contributed by atoms with Crippen molar-refractivity contribution in [3.8, 4) is 5.00 Å². The van der Waals surface area contributed by atoms with E-state index in [1.807, 2.05) is 49.6 Å². The number of carbonyl (C=O) groups is 1. The monoisotopic (exact) mass is 489 g/mol. The Morgan fingerprint density at radius 2 is 2.03 bits per heavy atom. The Kier molecular flexibility index (Phi) is 6.55. The molecule has 1 N–H and O–H groups in total. The Morgan fingerprint density at radius 3 is 2.73 bits per heavy atom. The van der Waals surface area contributed by atoms with Gasteiger partial charge in [0, 0.05) is 24.7 Å². The highest BCUT2D eigenvalue weighted by molar-refractivity contribution is 7.88. The number of hydrogen-bond acceptors (Lipinski definition) is 6. The van der Waals surface area contributed by atoms with Crippen LogP contribution >= 0.6 is 11.3 Å². The van der Waals surface area contributed by atoms with Crippen molar-refractivity contribution in [3.05, 3.63) is 63.1 Å². The Bertz CT molecular complexity index is 1330. The average molecular weight is 490 g/mol. The average Bonchev–Trinajstić information content (AvgIpc) is 3.39. The summed E-state index contributed by atoms with van der Waals surface area (Å²) in [6, 6.07) is 9.30. The van der Waals surface area contributed by atoms with E-state index in [1.54, 1.807) is 0 Å². The molecule has 3 heterocycles. The summed E-state index contributed by atoms with van der Waals surface area (Å²) < 4.78 is 28.3. The second-order valence-electron chi connectivity index (χ2n) is 8.34. The van der Waals surface area contributed by atoms with E-state index >= 15 is 0 Å². The Hall–Kier alpha value is -2.76. The third kappa shape index (κ3) is 4.94. The largest absolute Gasteiger partial charge is 0.351 e. The molecule has 0 radical (unpaired) electrons. The summed E-state index contributed by atoms with van der Waals surface area (Å²) in [7, 11) is -3.35. The highest BCUT2D eigenvalue weighted by atomic mass is 32.2. The predicted molar refractivity (Wildman–Crippen MR) is 129 cm³/mol. The van der Waals surface area contributed by atoms with Crippen LogP contribution in [0.1, 0.15) is 35.7 Å². The van der Waals surface area contributed by atoms with Crippen LogP contribution in [-0.4, -0.2) is 52.3 Å². The van der Waals surface area contributed by atoms with Crippen LogP contribution in [0.25, 0.3) is 5.00 Å². The van der Waals surface area contributed by atoms with E-state index in [4.69, 9.17) is 0 Å². The molecule has 1 aromatic carbocycles. The number of aromatic nitrogens is 3. The number of hydrogen-bond donors (Lipinski definition) is 1. The Morgan fingerprint density at radius 1 is 1.24 bits per heavy atom. The summed E-state index contributed by atoms with van der Waals surface area (Å²) in [4.78, 5) is 26.0. The molecule has 0 saturated carbocycles. The lowest BCUT2D eigenvalue weighted by molar-refractivity contribution is -0.117. The van der Waals surface area contributed by atoms with Gasteiger partial charge in [-0.05, 0) is 61.4 Å². The molecular weight excluding hydrogens is 462 g/mol. The molecular formula is C22H27N5O4S2. The normalized spacial score (nSPS) is 17.2. The minimum atomic E-state index is -3.35. The van der Waals surface area contributed by atoms with E-state index in [9.17, 15) is 18.0 Å². The molecule has 3 aromatic rings. The molecule has 0 aliphatic carbocycles. The Balaban J connectivity index is 1.65. The Labute approximate surface area is 196 Å². The molecule has 1 atom stereocenters. The summed E-state index contributed by atoms with van der Waals surface area (Å²) in [5.41, 5.74) is 2.30. The van der Waals surface area contributed by atoms with Crippen molar-refractivity contribution >= 4 is 33.0 Å². The van der Waals surface area contributed by atoms with E-state index in [0.29, 0.717) is 35.9 Å². The molecule has 1 saturated heterocycles. The minimum absolute atomic E-state index is 0.236. The van der Waals surface area contributed by atoms with Crippen LogP contribution in [-0.2, 0) is 21.4 Å². The SMILES string of the molecule is Cc1cccc(NC(=O)Cn2nc(C3CCCN(S(C)(=O)=O)C3)n(-c3cccs3)c2=O)c1C. The lowest BCUT2D eigenvalue weighted by Gasteiger charge is -2.30. The molecule has 9 nitrogen and oxygen atoms in total. The zero-order chi connectivity index (χ0) is 23.8. The number of nitrogens with one attached hydrogen (secondary N) is 1. The predicted octanol–water partition coefficient (Wildman–Crippen LogP) is 2.49. The van der Waals surface area contributed by atoms with E-state index in [2.05, 4.69) is 10.4 Å². The second-order valence-corrected chi connectivity index (χ2v) is 11.2. The van der Waals surface area contributed by atoms with Crippen LogP contribution in [0.2, 0.25) is 0 Å². The van der Waals surface area contributed by atoms with Crippen molar-refractivity contribution in [2.24, 2.45) is 0 Å². The number of thiophene rings is 1. The number of piperidine rings is 1. The fraction of sp³-hybridized carbons (Fsp3) is 0.409. The number of anilines is 1. The van der Waals surface area contributed by atoms with Gasteiger partial charge in [0.25, 0.3) is 0 Å². The molecule has 33 heavy (non-hydrogen) atoms. The molecule has 176 valence electrons. The first-order valence-electron chi connectivity index (χ1n) is 10.7. The molecule has 1 fully saturated rings. The van der Waals surface area contributed by atoms with E-state index in [-0.39, 0.29) is 24.9 Å². The van der Waals surface area contributed by atoms with Crippen LogP contribution in [0, 0.1) is 13.8 Å². The zero-order valence-corrected chi connectivity index (χ0v) is 20.4. The van der Waals surface area contributed by atoms with E-state index < -0.39 is 15.7 Å². The zero-order valence-electron chi connectivity index (χ0n) is 18.8. The topological polar surface area (TPSA) is 106 Å². The lowest BCUT2D eigenvalue weighted by atomic mass is 9.99. The number of benzene rings is 1. The highest BCUT2D eigenvalue weighted by Gasteiger charge is 2.32. The van der Waals surface area contributed by atoms with E-state index in [0.717, 1.165) is 15.8 Å². The van der Waals surface area contributed by atoms with Crippen molar-refractivity contribution in [3.63, 3.8) is 0 Å². The number of nitrogens with zero attached hydrogens (tertiary/aromatic N) is 4. The molecule has 1 unspecified atom stereocenters. The fourth-order valence-electron chi connectivity index (χ4n) is 4.06. The smallest absolute Gasteiger partial charge is 0.324 e. The van der Waals surface area contributed by atoms with Gasteiger partial charge in [-0.15, -0.1) is 11.3 Å². The molecule has 11 heteroatoms. The molecule has 1 aliphatic heterocycles. The van der Waals surface area contributed by atoms with Crippen molar-refractivity contribution in [1.82, 2.24) is 18.7 Å². The van der Waals surface area contributed by atoms with Crippen molar-refractivity contribution in [2.45, 2.75) is 39.2 Å². The van der Waals surface area contributed by atoms with Gasteiger partial charge in [0.05, 0.1) is 6.26 Å². The first-order valence-corrected chi connectivity index (χ1v) is 13.4. The third-order valence-electron chi connectivity index (χ3n) is 5.98. The van der Waals surface area contributed by atoms with Gasteiger partial charge in [-0.2, -0.15) is 5.10 Å². The number of rotatable bonds is 6. The summed E-state index contributed by atoms with van der Waals surface area (Å²) in [6.45, 7) is 4.37. The summed E-state index contributed by atoms with van der Waals surface area (Å²) in [5, 5.41) is 9.93. The van der Waals surface area contributed by atoms with Crippen LogP contribution in [0.3, 0.4) is 0 Å². The molecule has 2 aromatic heterocycles. The van der Waals surface area contributed by atoms with Gasteiger partial charge in [0.2, 0.25) is 15.9 Å². The van der Waals surface area contributed by atoms with E-state index in [1.165, 1.54) is 26.5 Å². The van der Waals surface area contributed by atoms with Crippen LogP contribution < -0.4 is 11.0 Å². The quantitative estimate of drug-likeness (QED) is 0.573. The maximum absolute atomic E-state index is 13.3. The first kappa shape index (κ1) is 23.4. The molecule has 1 aliphatic rings. The number of amides is 1. The van der Waals surface area contributed by atoms with Gasteiger partial charge in [-0.3, -0.25) is 4.79 Å². The standard InChI is InChI=1S/C22H27N5O4S2/c1-15-7-4-9-18(16(15)2)23-19(28)14-26-22(29)27(20-10-6-12-32-20)21(24-26)17-8-5-11-25(13-17)33(3,30)31/h4,6-7,9-10,12,17H,5,8,11,13-14H2,1-3H3,(H,23,28). The summed E-state index contributed by atoms with van der Waals surface area (Å²) in [6.07, 6.45) is 2.58. The van der Waals surface area contributed by atoms with Crippen LogP contribution in [0.5, 0.6) is 0 Å². The minimum Gasteiger partial charge on any atom is -0.324 e. The van der Waals surface area contributed by atoms with Gasteiger partial charge in [-0.25, -0.2) is 26.8 Å². The maximum Gasteiger partial charge on any atom is 0.351 e. The maximum atomic E-state index is 13.3. The first-order chi connectivity index (χ1) is 15.6. The van der Waals surface area contributed by atoms with Gasteiger partial charge >= 0.3 is 5.69 Å². The van der Waals surface area contributed by atoms with Crippen molar-refractivity contribution < 1.29 is 13.2 Å². The number of sulfonamides is 1. The van der Waals surface area contributed by atoms with Crippen LogP contribution in [0.4, 0.5) is 5.69 Å². The number of aryl methyl sites for hydroxylation is 1. The van der Waals surface area contributed by atoms with Gasteiger partial charge in [0.15, 0.2) is 0 Å². The second kappa shape index (κ2) is 9.24. The molecule has 4 rings (SSSR count). The van der Waals surface area contributed by atoms with Crippen molar-refractivity contribution in [1.29, 1.82) is 0 Å². The van der Waals surface area contributed by atoms with Gasteiger partial charge in [-0.1, -0.05) is 12.1 Å². The van der Waals surface area contributed by atoms with Crippen molar-refractivity contribution in [2.75, 3.05) is 24.7 Å². The molecule has 0 bridgehead atoms. The molecule has 0 spiro atoms. The van der Waals surface area contributed by atoms with Gasteiger partial charge in [0.1, 0.15) is 17.4 Å². The highest BCUT2D eigenvalue weighted by Crippen LogP contribution is 2.28. The number of carbonyl (C=O) groups excluding carboxylic acids is 1. The van der Waals surface area contributed by atoms with Crippen LogP contribution in [0.15, 0.2) is 40.5 Å². The summed E-state index contributed by atoms with van der Waals surface area (Å²) in [5.74, 6) is -0.114. The third-order valence-corrected chi connectivity index (χ3v) is 8.10.